The van der Waals surface area contributed by atoms with Crippen molar-refractivity contribution in [2.24, 2.45) is 12.5 Å². The monoisotopic (exact) mass is 621 g/mol. The molecule has 2 aliphatic heterocycles. The minimum atomic E-state index is -4.82. The van der Waals surface area contributed by atoms with Gasteiger partial charge in [0.2, 0.25) is 5.91 Å². The predicted octanol–water partition coefficient (Wildman–Crippen LogP) is 4.99. The van der Waals surface area contributed by atoms with Gasteiger partial charge in [0.15, 0.2) is 0 Å². The van der Waals surface area contributed by atoms with Crippen LogP contribution in [0.3, 0.4) is 0 Å². The van der Waals surface area contributed by atoms with Crippen LogP contribution in [0.1, 0.15) is 30.9 Å². The summed E-state index contributed by atoms with van der Waals surface area (Å²) in [5.41, 5.74) is -2.22. The van der Waals surface area contributed by atoms with Crippen LogP contribution in [0.4, 0.5) is 13.2 Å². The van der Waals surface area contributed by atoms with Gasteiger partial charge in [-0.1, -0.05) is 61.5 Å². The number of nitrogens with one attached hydrogen (secondary N) is 1. The maximum atomic E-state index is 14.6. The van der Waals surface area contributed by atoms with Crippen molar-refractivity contribution in [1.82, 2.24) is 14.8 Å². The summed E-state index contributed by atoms with van der Waals surface area (Å²) < 4.78 is 50.4. The summed E-state index contributed by atoms with van der Waals surface area (Å²) in [4.78, 5) is 41.7. The van der Waals surface area contributed by atoms with E-state index in [-0.39, 0.29) is 28.8 Å². The molecule has 1 aromatic heterocycles. The van der Waals surface area contributed by atoms with Gasteiger partial charge in [0.1, 0.15) is 6.04 Å². The number of piperidine rings is 1. The lowest BCUT2D eigenvalue weighted by Gasteiger charge is -2.44. The molecule has 45 heavy (non-hydrogen) atoms. The number of carbonyl (C=O) groups excluding carboxylic acids is 1. The minimum Gasteiger partial charge on any atom is -0.480 e. The lowest BCUT2D eigenvalue weighted by Crippen LogP contribution is -2.56. The number of ether oxygens (including phenoxy) is 1. The Bertz CT molecular complexity index is 1860. The molecule has 1 amide bonds. The number of hydrogen-bond donors (Lipinski definition) is 2. The van der Waals surface area contributed by atoms with Crippen LogP contribution in [0.25, 0.3) is 32.8 Å². The summed E-state index contributed by atoms with van der Waals surface area (Å²) in [6, 6.07) is 14.7. The Balaban J connectivity index is 1.35. The van der Waals surface area contributed by atoms with E-state index < -0.39 is 40.3 Å². The first-order chi connectivity index (χ1) is 21.4. The van der Waals surface area contributed by atoms with Gasteiger partial charge in [-0.15, -0.1) is 0 Å². The molecule has 3 aromatic carbocycles. The first-order valence-electron chi connectivity index (χ1n) is 14.9. The molecule has 2 saturated heterocycles. The smallest absolute Gasteiger partial charge is 0.417 e. The van der Waals surface area contributed by atoms with E-state index in [1.807, 2.05) is 6.92 Å². The normalized spacial score (nSPS) is 18.1. The molecule has 2 fully saturated rings. The van der Waals surface area contributed by atoms with Crippen molar-refractivity contribution >= 4 is 33.6 Å². The van der Waals surface area contributed by atoms with Gasteiger partial charge in [0, 0.05) is 24.3 Å². The van der Waals surface area contributed by atoms with Gasteiger partial charge >= 0.3 is 12.1 Å². The number of aryl methyl sites for hydroxylation is 1. The van der Waals surface area contributed by atoms with Crippen molar-refractivity contribution in [3.05, 3.63) is 82.1 Å². The van der Waals surface area contributed by atoms with E-state index in [2.05, 4.69) is 10.2 Å². The van der Waals surface area contributed by atoms with Crippen LogP contribution in [0.15, 0.2) is 65.5 Å². The molecule has 0 spiro atoms. The zero-order chi connectivity index (χ0) is 32.1. The van der Waals surface area contributed by atoms with Crippen LogP contribution < -0.4 is 10.9 Å². The Morgan fingerprint density at radius 1 is 1.00 bits per heavy atom. The number of pyridine rings is 1. The molecule has 0 aliphatic carbocycles. The Labute approximate surface area is 257 Å². The van der Waals surface area contributed by atoms with Gasteiger partial charge in [-0.25, -0.2) is 4.79 Å². The van der Waals surface area contributed by atoms with Crippen LogP contribution >= 0.6 is 0 Å². The number of hydrogen-bond acceptors (Lipinski definition) is 5. The summed E-state index contributed by atoms with van der Waals surface area (Å²) in [5, 5.41) is 13.6. The van der Waals surface area contributed by atoms with Gasteiger partial charge < -0.3 is 19.7 Å². The van der Waals surface area contributed by atoms with Gasteiger partial charge in [-0.3, -0.25) is 14.5 Å². The minimum absolute atomic E-state index is 0.0919. The number of benzene rings is 3. The number of alkyl halides is 3. The first-order valence-corrected chi connectivity index (χ1v) is 14.9. The molecule has 8 nitrogen and oxygen atoms in total. The van der Waals surface area contributed by atoms with Crippen LogP contribution in [-0.4, -0.2) is 64.8 Å². The number of nitrogens with zero attached hydrogens (tertiary/aromatic N) is 2. The summed E-state index contributed by atoms with van der Waals surface area (Å²) in [6.07, 6.45) is -3.74. The Morgan fingerprint density at radius 3 is 2.29 bits per heavy atom. The molecule has 4 aromatic rings. The molecule has 0 bridgehead atoms. The van der Waals surface area contributed by atoms with Crippen molar-refractivity contribution in [3.63, 3.8) is 0 Å². The van der Waals surface area contributed by atoms with E-state index in [1.54, 1.807) is 36.4 Å². The number of carboxylic acids is 1. The maximum Gasteiger partial charge on any atom is 0.417 e. The Morgan fingerprint density at radius 2 is 1.64 bits per heavy atom. The Hall–Kier alpha value is -4.22. The van der Waals surface area contributed by atoms with Gasteiger partial charge in [-0.2, -0.15) is 13.2 Å². The van der Waals surface area contributed by atoms with Gasteiger partial charge in [-0.05, 0) is 53.9 Å². The second-order valence-corrected chi connectivity index (χ2v) is 12.3. The highest BCUT2D eigenvalue weighted by Crippen LogP contribution is 2.42. The molecule has 2 N–H and O–H groups in total. The molecule has 6 rings (SSSR count). The lowest BCUT2D eigenvalue weighted by molar-refractivity contribution is -0.145. The second kappa shape index (κ2) is 11.6. The molecule has 0 saturated carbocycles. The molecule has 11 heteroatoms. The topological polar surface area (TPSA) is 101 Å². The van der Waals surface area contributed by atoms with Crippen LogP contribution in [-0.2, 0) is 34.0 Å². The molecule has 1 atom stereocenters. The number of aliphatic carboxylic acids is 1. The zero-order valence-corrected chi connectivity index (χ0v) is 25.0. The highest BCUT2D eigenvalue weighted by molar-refractivity contribution is 6.02. The molecule has 236 valence electrons. The van der Waals surface area contributed by atoms with Crippen LogP contribution in [0, 0.1) is 5.41 Å². The molecular formula is C34H34F3N3O5. The van der Waals surface area contributed by atoms with E-state index >= 15 is 0 Å². The number of halogens is 3. The first kappa shape index (κ1) is 30.8. The fraction of sp³-hybridized carbons (Fsp3) is 0.382. The molecule has 0 radical (unpaired) electrons. The summed E-state index contributed by atoms with van der Waals surface area (Å²) in [5.74, 6) is -1.55. The summed E-state index contributed by atoms with van der Waals surface area (Å²) in [7, 11) is 1.44. The number of likely N-dealkylation sites (tertiary alicyclic amines) is 1. The average Bonchev–Trinajstić information content (AvgIpc) is 2.98. The second-order valence-electron chi connectivity index (χ2n) is 12.3. The van der Waals surface area contributed by atoms with Gasteiger partial charge in [0.05, 0.1) is 35.9 Å². The van der Waals surface area contributed by atoms with Crippen molar-refractivity contribution in [3.8, 4) is 11.1 Å². The number of carbonyl (C=O) groups is 2. The highest BCUT2D eigenvalue weighted by atomic mass is 19.4. The SMILES string of the molecule is Cn1c(=O)c(-c2cccc3c(C[C@H](NC(=O)C4(C)CCN(C5COC5)CC4)C(=O)O)cccc23)c(C(F)(F)F)c2ccccc21. The fourth-order valence-electron chi connectivity index (χ4n) is 6.61. The summed E-state index contributed by atoms with van der Waals surface area (Å²) >= 11 is 0. The van der Waals surface area contributed by atoms with Gasteiger partial charge in [0.25, 0.3) is 5.56 Å². The molecule has 3 heterocycles. The third kappa shape index (κ3) is 5.59. The molecular weight excluding hydrogens is 587 g/mol. The van der Waals surface area contributed by atoms with Crippen molar-refractivity contribution < 1.29 is 32.6 Å². The largest absolute Gasteiger partial charge is 0.480 e. The summed E-state index contributed by atoms with van der Waals surface area (Å²) in [6.45, 7) is 4.65. The number of aromatic nitrogens is 1. The molecule has 0 unspecified atom stereocenters. The van der Waals surface area contributed by atoms with Crippen LogP contribution in [0.2, 0.25) is 0 Å². The third-order valence-electron chi connectivity index (χ3n) is 9.48. The standard InChI is InChI=1S/C34H34F3N3O5/c1-33(13-15-40(16-14-33)21-18-45-19-21)32(44)38-26(31(42)43)17-20-7-5-10-23-22(20)9-6-11-24(23)28-29(34(35,36)37)25-8-3-4-12-27(25)39(2)30(28)41/h3-12,21,26H,13-19H2,1-2H3,(H,38,44)(H,42,43)/t26-/m0/s1. The number of fused-ring (bicyclic) bond motifs is 2. The quantitative estimate of drug-likeness (QED) is 0.302. The highest BCUT2D eigenvalue weighted by Gasteiger charge is 2.41. The van der Waals surface area contributed by atoms with E-state index in [0.717, 1.165) is 13.1 Å². The number of para-hydroxylation sites is 1. The maximum absolute atomic E-state index is 14.6. The van der Waals surface area contributed by atoms with Crippen LogP contribution in [0.5, 0.6) is 0 Å². The zero-order valence-electron chi connectivity index (χ0n) is 25.0. The Kier molecular flexibility index (Phi) is 7.94. The number of amides is 1. The van der Waals surface area contributed by atoms with E-state index in [1.165, 1.54) is 35.9 Å². The average molecular weight is 622 g/mol. The van der Waals surface area contributed by atoms with Crippen molar-refractivity contribution in [1.29, 1.82) is 0 Å². The van der Waals surface area contributed by atoms with Crippen molar-refractivity contribution in [2.75, 3.05) is 26.3 Å². The molecule has 2 aliphatic rings. The van der Waals surface area contributed by atoms with Crippen molar-refractivity contribution in [2.45, 2.75) is 44.4 Å². The predicted molar refractivity (Wildman–Crippen MR) is 164 cm³/mol. The fourth-order valence-corrected chi connectivity index (χ4v) is 6.61. The lowest BCUT2D eigenvalue weighted by atomic mass is 9.78. The number of carboxylic acid groups (broad SMARTS) is 1. The third-order valence-corrected chi connectivity index (χ3v) is 9.48. The number of rotatable bonds is 7. The van der Waals surface area contributed by atoms with E-state index in [9.17, 15) is 32.7 Å². The van der Waals surface area contributed by atoms with E-state index in [4.69, 9.17) is 4.74 Å². The van der Waals surface area contributed by atoms with E-state index in [0.29, 0.717) is 48.4 Å².